The van der Waals surface area contributed by atoms with Crippen LogP contribution in [0.5, 0.6) is 0 Å². The van der Waals surface area contributed by atoms with E-state index in [1.54, 1.807) is 21.0 Å². The molecule has 0 aliphatic heterocycles. The number of Topliss-reactive ketones (excluding diaryl/α,β-unsaturated/α-hetero) is 2. The van der Waals surface area contributed by atoms with Crippen molar-refractivity contribution in [2.75, 3.05) is 13.7 Å². The van der Waals surface area contributed by atoms with Crippen molar-refractivity contribution < 1.29 is 14.3 Å². The average molecular weight is 252 g/mol. The lowest BCUT2D eigenvalue weighted by Crippen LogP contribution is -2.47. The minimum atomic E-state index is -0.782. The molecule has 2 fully saturated rings. The summed E-state index contributed by atoms with van der Waals surface area (Å²) in [6.07, 6.45) is 5.04. The predicted molar refractivity (Wildman–Crippen MR) is 69.2 cm³/mol. The van der Waals surface area contributed by atoms with Gasteiger partial charge in [-0.05, 0) is 39.0 Å². The minimum Gasteiger partial charge on any atom is -0.385 e. The topological polar surface area (TPSA) is 43.4 Å². The SMILES string of the molecule is COCCC1CC(CC2CC2)C(=O)C(C)(C)C1=O. The lowest BCUT2D eigenvalue weighted by molar-refractivity contribution is -0.149. The number of rotatable bonds is 5. The van der Waals surface area contributed by atoms with Crippen LogP contribution in [0.3, 0.4) is 0 Å². The van der Waals surface area contributed by atoms with Crippen LogP contribution in [0, 0.1) is 23.2 Å². The van der Waals surface area contributed by atoms with Crippen LogP contribution < -0.4 is 0 Å². The van der Waals surface area contributed by atoms with Gasteiger partial charge in [0.2, 0.25) is 0 Å². The largest absolute Gasteiger partial charge is 0.385 e. The molecule has 0 heterocycles. The van der Waals surface area contributed by atoms with Crippen molar-refractivity contribution in [2.24, 2.45) is 23.2 Å². The summed E-state index contributed by atoms with van der Waals surface area (Å²) in [7, 11) is 1.66. The van der Waals surface area contributed by atoms with Crippen LogP contribution in [0.4, 0.5) is 0 Å². The fraction of sp³-hybridized carbons (Fsp3) is 0.867. The fourth-order valence-electron chi connectivity index (χ4n) is 3.17. The molecule has 2 aliphatic carbocycles. The summed E-state index contributed by atoms with van der Waals surface area (Å²) in [6.45, 7) is 4.21. The van der Waals surface area contributed by atoms with E-state index < -0.39 is 5.41 Å². The Hall–Kier alpha value is -0.700. The molecule has 0 spiro atoms. The average Bonchev–Trinajstić information content (AvgIpc) is 3.13. The number of carbonyl (C=O) groups is 2. The van der Waals surface area contributed by atoms with E-state index in [4.69, 9.17) is 4.74 Å². The van der Waals surface area contributed by atoms with Crippen LogP contribution in [-0.2, 0) is 14.3 Å². The number of hydrogen-bond donors (Lipinski definition) is 0. The van der Waals surface area contributed by atoms with Crippen molar-refractivity contribution in [3.8, 4) is 0 Å². The van der Waals surface area contributed by atoms with Crippen molar-refractivity contribution in [2.45, 2.75) is 46.0 Å². The van der Waals surface area contributed by atoms with Gasteiger partial charge < -0.3 is 4.74 Å². The summed E-state index contributed by atoms with van der Waals surface area (Å²) in [4.78, 5) is 24.7. The van der Waals surface area contributed by atoms with E-state index in [1.807, 2.05) is 0 Å². The zero-order valence-corrected chi connectivity index (χ0v) is 11.7. The van der Waals surface area contributed by atoms with Gasteiger partial charge in [0.25, 0.3) is 0 Å². The molecule has 102 valence electrons. The fourth-order valence-corrected chi connectivity index (χ4v) is 3.17. The summed E-state index contributed by atoms with van der Waals surface area (Å²) >= 11 is 0. The summed E-state index contributed by atoms with van der Waals surface area (Å²) < 4.78 is 5.08. The van der Waals surface area contributed by atoms with Gasteiger partial charge in [0.05, 0.1) is 5.41 Å². The van der Waals surface area contributed by atoms with Gasteiger partial charge in [-0.25, -0.2) is 0 Å². The molecule has 0 amide bonds. The molecular formula is C15H24O3. The Morgan fingerprint density at radius 3 is 2.33 bits per heavy atom. The predicted octanol–water partition coefficient (Wildman–Crippen LogP) is 2.62. The van der Waals surface area contributed by atoms with Gasteiger partial charge in [0, 0.05) is 25.6 Å². The molecule has 0 bridgehead atoms. The van der Waals surface area contributed by atoms with Gasteiger partial charge in [-0.3, -0.25) is 9.59 Å². The Balaban J connectivity index is 2.07. The van der Waals surface area contributed by atoms with Gasteiger partial charge in [-0.1, -0.05) is 12.8 Å². The van der Waals surface area contributed by atoms with Crippen molar-refractivity contribution in [1.82, 2.24) is 0 Å². The van der Waals surface area contributed by atoms with E-state index >= 15 is 0 Å². The lowest BCUT2D eigenvalue weighted by atomic mass is 9.63. The minimum absolute atomic E-state index is 0.0152. The number of hydrogen-bond acceptors (Lipinski definition) is 3. The highest BCUT2D eigenvalue weighted by Gasteiger charge is 2.49. The summed E-state index contributed by atoms with van der Waals surface area (Å²) in [5.41, 5.74) is -0.782. The third-order valence-corrected chi connectivity index (χ3v) is 4.53. The zero-order chi connectivity index (χ0) is 13.3. The monoisotopic (exact) mass is 252 g/mol. The number of methoxy groups -OCH3 is 1. The van der Waals surface area contributed by atoms with Gasteiger partial charge in [-0.2, -0.15) is 0 Å². The molecule has 3 nitrogen and oxygen atoms in total. The molecule has 18 heavy (non-hydrogen) atoms. The van der Waals surface area contributed by atoms with E-state index in [-0.39, 0.29) is 23.4 Å². The molecule has 0 N–H and O–H groups in total. The molecule has 0 saturated heterocycles. The van der Waals surface area contributed by atoms with Crippen LogP contribution in [-0.4, -0.2) is 25.3 Å². The standard InChI is InChI=1S/C15H24O3/c1-15(2)13(16)11(6-7-18-3)9-12(14(15)17)8-10-4-5-10/h10-12H,4-9H2,1-3H3. The quantitative estimate of drug-likeness (QED) is 0.706. The molecule has 2 saturated carbocycles. The summed E-state index contributed by atoms with van der Waals surface area (Å²) in [5.74, 6) is 1.16. The van der Waals surface area contributed by atoms with Crippen molar-refractivity contribution in [3.05, 3.63) is 0 Å². The zero-order valence-electron chi connectivity index (χ0n) is 11.7. The number of ether oxygens (including phenoxy) is 1. The lowest BCUT2D eigenvalue weighted by Gasteiger charge is -2.37. The van der Waals surface area contributed by atoms with Gasteiger partial charge in [0.15, 0.2) is 0 Å². The van der Waals surface area contributed by atoms with Crippen LogP contribution in [0.15, 0.2) is 0 Å². The molecule has 2 unspecified atom stereocenters. The summed E-state index contributed by atoms with van der Waals surface area (Å²) in [6, 6.07) is 0. The van der Waals surface area contributed by atoms with Crippen LogP contribution in [0.1, 0.15) is 46.0 Å². The van der Waals surface area contributed by atoms with E-state index in [2.05, 4.69) is 0 Å². The molecule has 0 aromatic rings. The second kappa shape index (κ2) is 5.12. The number of ketones is 2. The highest BCUT2D eigenvalue weighted by molar-refractivity contribution is 6.10. The van der Waals surface area contributed by atoms with Crippen molar-refractivity contribution in [1.29, 1.82) is 0 Å². The normalized spacial score (nSPS) is 31.7. The molecule has 0 aromatic carbocycles. The molecule has 2 aliphatic rings. The maximum absolute atomic E-state index is 12.4. The second-order valence-corrected chi connectivity index (χ2v) is 6.44. The smallest absolute Gasteiger partial charge is 0.149 e. The van der Waals surface area contributed by atoms with E-state index in [0.29, 0.717) is 6.61 Å². The van der Waals surface area contributed by atoms with Gasteiger partial charge in [0.1, 0.15) is 11.6 Å². The summed E-state index contributed by atoms with van der Waals surface area (Å²) in [5, 5.41) is 0. The van der Waals surface area contributed by atoms with E-state index in [0.717, 1.165) is 25.2 Å². The number of carbonyl (C=O) groups excluding carboxylic acids is 2. The molecule has 3 heteroatoms. The van der Waals surface area contributed by atoms with Gasteiger partial charge >= 0.3 is 0 Å². The Kier molecular flexibility index (Phi) is 3.90. The Labute approximate surface area is 109 Å². The Bertz CT molecular complexity index is 342. The van der Waals surface area contributed by atoms with Gasteiger partial charge in [-0.15, -0.1) is 0 Å². The van der Waals surface area contributed by atoms with E-state index in [1.165, 1.54) is 12.8 Å². The molecule has 2 atom stereocenters. The molecule has 0 aromatic heterocycles. The maximum atomic E-state index is 12.4. The second-order valence-electron chi connectivity index (χ2n) is 6.44. The molecule has 2 rings (SSSR count). The Morgan fingerprint density at radius 2 is 1.78 bits per heavy atom. The van der Waals surface area contributed by atoms with E-state index in [9.17, 15) is 9.59 Å². The first-order valence-corrected chi connectivity index (χ1v) is 7.04. The first-order valence-electron chi connectivity index (χ1n) is 7.04. The Morgan fingerprint density at radius 1 is 1.17 bits per heavy atom. The maximum Gasteiger partial charge on any atom is 0.149 e. The highest BCUT2D eigenvalue weighted by Crippen LogP contribution is 2.44. The first kappa shape index (κ1) is 13.7. The molecular weight excluding hydrogens is 228 g/mol. The van der Waals surface area contributed by atoms with Crippen molar-refractivity contribution >= 4 is 11.6 Å². The highest BCUT2D eigenvalue weighted by atomic mass is 16.5. The van der Waals surface area contributed by atoms with Crippen LogP contribution in [0.2, 0.25) is 0 Å². The molecule has 0 radical (unpaired) electrons. The van der Waals surface area contributed by atoms with Crippen LogP contribution in [0.25, 0.3) is 0 Å². The van der Waals surface area contributed by atoms with Crippen molar-refractivity contribution in [3.63, 3.8) is 0 Å². The third kappa shape index (κ3) is 2.66. The van der Waals surface area contributed by atoms with Crippen LogP contribution >= 0.6 is 0 Å². The third-order valence-electron chi connectivity index (χ3n) is 4.53. The first-order chi connectivity index (χ1) is 8.46.